The maximum atomic E-state index is 6.00. The molecule has 0 aliphatic heterocycles. The molecule has 2 aromatic rings. The Morgan fingerprint density at radius 1 is 0.462 bits per heavy atom. The first-order chi connectivity index (χ1) is 12.9. The molecule has 2 N–H and O–H groups in total. The van der Waals surface area contributed by atoms with Gasteiger partial charge in [-0.05, 0) is 48.6 Å². The van der Waals surface area contributed by atoms with Crippen molar-refractivity contribution in [2.45, 2.75) is 76.0 Å². The van der Waals surface area contributed by atoms with Gasteiger partial charge in [0, 0.05) is 0 Å². The van der Waals surface area contributed by atoms with Crippen molar-refractivity contribution in [2.24, 2.45) is 0 Å². The van der Waals surface area contributed by atoms with E-state index < -0.39 is 0 Å². The van der Waals surface area contributed by atoms with Gasteiger partial charge in [-0.2, -0.15) is 0 Å². The second-order valence-corrected chi connectivity index (χ2v) is 7.49. The van der Waals surface area contributed by atoms with E-state index in [4.69, 9.17) is 10.5 Å². The zero-order chi connectivity index (χ0) is 18.5. The van der Waals surface area contributed by atoms with Crippen LogP contribution in [0.15, 0.2) is 60.7 Å². The molecule has 2 aliphatic carbocycles. The minimum absolute atomic E-state index is 0.861. The number of hydrogen-bond acceptors (Lipinski definition) is 2. The molecular formula is C24H34O2. The normalized spacial score (nSPS) is 18.1. The van der Waals surface area contributed by atoms with Gasteiger partial charge in [0.1, 0.15) is 0 Å². The predicted octanol–water partition coefficient (Wildman–Crippen LogP) is 7.49. The molecular weight excluding hydrogens is 320 g/mol. The Morgan fingerprint density at radius 2 is 0.769 bits per heavy atom. The van der Waals surface area contributed by atoms with Gasteiger partial charge in [0.05, 0.1) is 0 Å². The molecule has 2 nitrogen and oxygen atoms in total. The third kappa shape index (κ3) is 6.93. The highest BCUT2D eigenvalue weighted by molar-refractivity contribution is 5.20. The van der Waals surface area contributed by atoms with Crippen LogP contribution in [-0.4, -0.2) is 10.5 Å². The molecule has 0 heterocycles. The van der Waals surface area contributed by atoms with E-state index in [-0.39, 0.29) is 0 Å². The summed E-state index contributed by atoms with van der Waals surface area (Å²) in [6.45, 7) is 0. The van der Waals surface area contributed by atoms with Crippen LogP contribution in [0.1, 0.15) is 87.2 Å². The van der Waals surface area contributed by atoms with Crippen molar-refractivity contribution >= 4 is 0 Å². The van der Waals surface area contributed by atoms with Crippen LogP contribution in [0.5, 0.6) is 0 Å². The summed E-state index contributed by atoms with van der Waals surface area (Å²) in [6, 6.07) is 21.9. The molecule has 2 saturated carbocycles. The van der Waals surface area contributed by atoms with Gasteiger partial charge in [0.25, 0.3) is 0 Å². The zero-order valence-corrected chi connectivity index (χ0v) is 15.9. The van der Waals surface area contributed by atoms with Gasteiger partial charge in [-0.3, -0.25) is 10.5 Å². The van der Waals surface area contributed by atoms with Gasteiger partial charge < -0.3 is 0 Å². The molecule has 142 valence electrons. The molecule has 2 heteroatoms. The highest BCUT2D eigenvalue weighted by atomic mass is 17.0. The smallest absolute Gasteiger partial charge is 0.0162 e. The molecule has 0 amide bonds. The molecule has 0 atom stereocenters. The maximum absolute atomic E-state index is 6.00. The Morgan fingerprint density at radius 3 is 1.08 bits per heavy atom. The fourth-order valence-corrected chi connectivity index (χ4v) is 4.32. The number of hydrogen-bond donors (Lipinski definition) is 2. The summed E-state index contributed by atoms with van der Waals surface area (Å²) in [4.78, 5) is 0. The standard InChI is InChI=1S/2C12H16.H2O2/c2*1-3-7-11(8-4-1)12-9-5-2-6-10-12;1-2/h2*1,3-4,7-8,12H,2,5-6,9-10H2;1-2H. The van der Waals surface area contributed by atoms with E-state index in [1.54, 1.807) is 11.1 Å². The quantitative estimate of drug-likeness (QED) is 0.433. The molecule has 2 aliphatic rings. The summed E-state index contributed by atoms with van der Waals surface area (Å²) in [5, 5.41) is 12.0. The van der Waals surface area contributed by atoms with Crippen molar-refractivity contribution < 1.29 is 10.5 Å². The highest BCUT2D eigenvalue weighted by Crippen LogP contribution is 2.32. The van der Waals surface area contributed by atoms with E-state index in [0.717, 1.165) is 11.8 Å². The lowest BCUT2D eigenvalue weighted by Crippen LogP contribution is -2.03. The molecule has 26 heavy (non-hydrogen) atoms. The van der Waals surface area contributed by atoms with Crippen LogP contribution >= 0.6 is 0 Å². The molecule has 4 rings (SSSR count). The maximum Gasteiger partial charge on any atom is -0.0162 e. The van der Waals surface area contributed by atoms with E-state index in [9.17, 15) is 0 Å². The van der Waals surface area contributed by atoms with Crippen molar-refractivity contribution in [3.63, 3.8) is 0 Å². The van der Waals surface area contributed by atoms with Crippen LogP contribution in [0, 0.1) is 0 Å². The van der Waals surface area contributed by atoms with Crippen LogP contribution < -0.4 is 0 Å². The number of benzene rings is 2. The van der Waals surface area contributed by atoms with Crippen molar-refractivity contribution in [3.8, 4) is 0 Å². The summed E-state index contributed by atoms with van der Waals surface area (Å²) in [5.41, 5.74) is 3.11. The summed E-state index contributed by atoms with van der Waals surface area (Å²) < 4.78 is 0. The summed E-state index contributed by atoms with van der Waals surface area (Å²) in [7, 11) is 0. The average molecular weight is 355 g/mol. The van der Waals surface area contributed by atoms with Crippen LogP contribution in [0.2, 0.25) is 0 Å². The summed E-state index contributed by atoms with van der Waals surface area (Å²) >= 11 is 0. The van der Waals surface area contributed by atoms with E-state index in [0.29, 0.717) is 0 Å². The molecule has 2 fully saturated rings. The van der Waals surface area contributed by atoms with Gasteiger partial charge in [-0.25, -0.2) is 0 Å². The largest absolute Gasteiger partial charge is 0.255 e. The predicted molar refractivity (Wildman–Crippen MR) is 110 cm³/mol. The first kappa shape index (κ1) is 20.7. The van der Waals surface area contributed by atoms with Crippen molar-refractivity contribution in [2.75, 3.05) is 0 Å². The van der Waals surface area contributed by atoms with E-state index in [2.05, 4.69) is 60.7 Å². The second kappa shape index (κ2) is 12.7. The van der Waals surface area contributed by atoms with Crippen LogP contribution in [-0.2, 0) is 0 Å². The Labute approximate surface area is 158 Å². The monoisotopic (exact) mass is 354 g/mol. The lowest BCUT2D eigenvalue weighted by molar-refractivity contribution is -0.176. The summed E-state index contributed by atoms with van der Waals surface area (Å²) in [6.07, 6.45) is 14.2. The highest BCUT2D eigenvalue weighted by Gasteiger charge is 2.15. The zero-order valence-electron chi connectivity index (χ0n) is 15.9. The lowest BCUT2D eigenvalue weighted by Gasteiger charge is -2.21. The van der Waals surface area contributed by atoms with E-state index in [1.165, 1.54) is 64.2 Å². The third-order valence-corrected chi connectivity index (χ3v) is 5.75. The SMILES string of the molecule is OO.c1ccc(C2CCCCC2)cc1.c1ccc(C2CCCCC2)cc1. The van der Waals surface area contributed by atoms with Gasteiger partial charge in [0.2, 0.25) is 0 Å². The van der Waals surface area contributed by atoms with Crippen molar-refractivity contribution in [1.82, 2.24) is 0 Å². The molecule has 0 bridgehead atoms. The van der Waals surface area contributed by atoms with Gasteiger partial charge in [-0.1, -0.05) is 99.2 Å². The number of rotatable bonds is 2. The minimum atomic E-state index is 0.861. The molecule has 0 saturated heterocycles. The Hall–Kier alpha value is -1.64. The molecule has 2 aromatic carbocycles. The molecule has 0 unspecified atom stereocenters. The van der Waals surface area contributed by atoms with Gasteiger partial charge in [0.15, 0.2) is 0 Å². The van der Waals surface area contributed by atoms with Crippen LogP contribution in [0.3, 0.4) is 0 Å². The Kier molecular flexibility index (Phi) is 10.1. The van der Waals surface area contributed by atoms with Gasteiger partial charge >= 0.3 is 0 Å². The fraction of sp³-hybridized carbons (Fsp3) is 0.500. The third-order valence-electron chi connectivity index (χ3n) is 5.75. The van der Waals surface area contributed by atoms with Crippen molar-refractivity contribution in [1.29, 1.82) is 0 Å². The minimum Gasteiger partial charge on any atom is -0.255 e. The van der Waals surface area contributed by atoms with Crippen LogP contribution in [0.25, 0.3) is 0 Å². The first-order valence-corrected chi connectivity index (χ1v) is 10.2. The second-order valence-electron chi connectivity index (χ2n) is 7.49. The molecule has 0 spiro atoms. The van der Waals surface area contributed by atoms with E-state index in [1.807, 2.05) is 0 Å². The van der Waals surface area contributed by atoms with E-state index >= 15 is 0 Å². The topological polar surface area (TPSA) is 40.5 Å². The molecule has 0 radical (unpaired) electrons. The Balaban J connectivity index is 0.000000171. The lowest BCUT2D eigenvalue weighted by atomic mass is 9.84. The average Bonchev–Trinajstić information content (AvgIpc) is 2.78. The van der Waals surface area contributed by atoms with Crippen LogP contribution in [0.4, 0.5) is 0 Å². The Bertz CT molecular complexity index is 502. The summed E-state index contributed by atoms with van der Waals surface area (Å²) in [5.74, 6) is 1.72. The first-order valence-electron chi connectivity index (χ1n) is 10.2. The van der Waals surface area contributed by atoms with Crippen molar-refractivity contribution in [3.05, 3.63) is 71.8 Å². The fourth-order valence-electron chi connectivity index (χ4n) is 4.32. The van der Waals surface area contributed by atoms with Gasteiger partial charge in [-0.15, -0.1) is 0 Å². The molecule has 0 aromatic heterocycles.